The lowest BCUT2D eigenvalue weighted by atomic mass is 10.1. The average Bonchev–Trinajstić information content (AvgIpc) is 2.75. The largest absolute Gasteiger partial charge is 0.478 e. The van der Waals surface area contributed by atoms with Crippen molar-refractivity contribution in [3.63, 3.8) is 0 Å². The summed E-state index contributed by atoms with van der Waals surface area (Å²) in [6, 6.07) is 19.7. The van der Waals surface area contributed by atoms with Crippen molar-refractivity contribution in [2.24, 2.45) is 0 Å². The van der Waals surface area contributed by atoms with E-state index in [4.69, 9.17) is 16.7 Å². The fraction of sp³-hybridized carbons (Fsp3) is 0.136. The van der Waals surface area contributed by atoms with Crippen molar-refractivity contribution in [1.82, 2.24) is 4.31 Å². The number of carboxylic acid groups (broad SMARTS) is 1. The SMILES string of the molecule is O=C(O)c1ccc(CN(C(CO)c2ccc(Cl)cc2)S(=O)(=O)c2ccccc2)cc1. The van der Waals surface area contributed by atoms with Crippen LogP contribution in [0.25, 0.3) is 0 Å². The van der Waals surface area contributed by atoms with Crippen molar-refractivity contribution < 1.29 is 23.4 Å². The third kappa shape index (κ3) is 4.88. The zero-order chi connectivity index (χ0) is 21.7. The molecule has 0 aliphatic heterocycles. The van der Waals surface area contributed by atoms with Crippen molar-refractivity contribution in [2.45, 2.75) is 17.5 Å². The molecule has 1 unspecified atom stereocenters. The highest BCUT2D eigenvalue weighted by Gasteiger charge is 2.32. The summed E-state index contributed by atoms with van der Waals surface area (Å²) in [4.78, 5) is 11.2. The number of hydrogen-bond acceptors (Lipinski definition) is 4. The molecule has 0 bridgehead atoms. The monoisotopic (exact) mass is 445 g/mol. The van der Waals surface area contributed by atoms with Gasteiger partial charge in [0.15, 0.2) is 0 Å². The van der Waals surface area contributed by atoms with E-state index in [1.807, 2.05) is 0 Å². The normalized spacial score (nSPS) is 12.6. The number of aliphatic hydroxyl groups excluding tert-OH is 1. The van der Waals surface area contributed by atoms with Crippen LogP contribution in [-0.4, -0.2) is 35.5 Å². The molecular weight excluding hydrogens is 426 g/mol. The summed E-state index contributed by atoms with van der Waals surface area (Å²) < 4.78 is 28.1. The summed E-state index contributed by atoms with van der Waals surface area (Å²) in [5, 5.41) is 19.7. The summed E-state index contributed by atoms with van der Waals surface area (Å²) in [5.74, 6) is -1.07. The summed E-state index contributed by atoms with van der Waals surface area (Å²) >= 11 is 5.95. The number of carbonyl (C=O) groups is 1. The van der Waals surface area contributed by atoms with Crippen molar-refractivity contribution in [3.05, 3.63) is 101 Å². The van der Waals surface area contributed by atoms with E-state index in [1.165, 1.54) is 28.6 Å². The molecule has 156 valence electrons. The Hall–Kier alpha value is -2.71. The van der Waals surface area contributed by atoms with E-state index in [9.17, 15) is 18.3 Å². The highest BCUT2D eigenvalue weighted by atomic mass is 35.5. The van der Waals surface area contributed by atoms with Gasteiger partial charge in [-0.3, -0.25) is 0 Å². The number of benzene rings is 3. The van der Waals surface area contributed by atoms with Gasteiger partial charge < -0.3 is 10.2 Å². The van der Waals surface area contributed by atoms with Gasteiger partial charge in [0, 0.05) is 11.6 Å². The van der Waals surface area contributed by atoms with Crippen LogP contribution in [0.15, 0.2) is 83.8 Å². The predicted octanol–water partition coefficient (Wildman–Crippen LogP) is 3.96. The minimum absolute atomic E-state index is 0.0506. The van der Waals surface area contributed by atoms with Crippen molar-refractivity contribution in [3.8, 4) is 0 Å². The Morgan fingerprint density at radius 3 is 2.07 bits per heavy atom. The van der Waals surface area contributed by atoms with E-state index in [2.05, 4.69) is 0 Å². The molecule has 6 nitrogen and oxygen atoms in total. The van der Waals surface area contributed by atoms with Gasteiger partial charge in [-0.15, -0.1) is 0 Å². The summed E-state index contributed by atoms with van der Waals surface area (Å²) in [6.07, 6.45) is 0. The van der Waals surface area contributed by atoms with E-state index in [1.54, 1.807) is 54.6 Å². The average molecular weight is 446 g/mol. The van der Waals surface area contributed by atoms with Crippen LogP contribution >= 0.6 is 11.6 Å². The van der Waals surface area contributed by atoms with Crippen LogP contribution in [0.2, 0.25) is 5.02 Å². The van der Waals surface area contributed by atoms with Gasteiger partial charge in [0.05, 0.1) is 23.1 Å². The maximum Gasteiger partial charge on any atom is 0.335 e. The van der Waals surface area contributed by atoms with Gasteiger partial charge in [0.25, 0.3) is 0 Å². The summed E-state index contributed by atoms with van der Waals surface area (Å²) in [5.41, 5.74) is 1.28. The lowest BCUT2D eigenvalue weighted by Gasteiger charge is -2.30. The third-order valence-corrected chi connectivity index (χ3v) is 6.79. The van der Waals surface area contributed by atoms with Gasteiger partial charge in [-0.25, -0.2) is 13.2 Å². The van der Waals surface area contributed by atoms with Crippen LogP contribution < -0.4 is 0 Å². The lowest BCUT2D eigenvalue weighted by Crippen LogP contribution is -2.36. The number of nitrogens with zero attached hydrogens (tertiary/aromatic N) is 1. The molecule has 3 aromatic carbocycles. The first-order valence-corrected chi connectivity index (χ1v) is 10.9. The molecule has 0 heterocycles. The number of carboxylic acids is 1. The zero-order valence-corrected chi connectivity index (χ0v) is 17.4. The molecule has 3 rings (SSSR count). The molecule has 1 atom stereocenters. The van der Waals surface area contributed by atoms with Crippen molar-refractivity contribution in [2.75, 3.05) is 6.61 Å². The number of halogens is 1. The Morgan fingerprint density at radius 2 is 1.53 bits per heavy atom. The molecule has 0 saturated heterocycles. The Morgan fingerprint density at radius 1 is 0.933 bits per heavy atom. The number of rotatable bonds is 8. The second-order valence-electron chi connectivity index (χ2n) is 6.62. The topological polar surface area (TPSA) is 94.9 Å². The molecule has 0 fully saturated rings. The highest BCUT2D eigenvalue weighted by molar-refractivity contribution is 7.89. The van der Waals surface area contributed by atoms with Gasteiger partial charge in [-0.1, -0.05) is 54.1 Å². The van der Waals surface area contributed by atoms with Crippen LogP contribution in [0.5, 0.6) is 0 Å². The van der Waals surface area contributed by atoms with E-state index in [0.29, 0.717) is 16.1 Å². The molecular formula is C22H20ClNO5S. The van der Waals surface area contributed by atoms with Gasteiger partial charge >= 0.3 is 5.97 Å². The Kier molecular flexibility index (Phi) is 6.89. The molecule has 0 spiro atoms. The van der Waals surface area contributed by atoms with E-state index in [0.717, 1.165) is 0 Å². The molecule has 0 aliphatic carbocycles. The van der Waals surface area contributed by atoms with Crippen LogP contribution in [0.1, 0.15) is 27.5 Å². The summed E-state index contributed by atoms with van der Waals surface area (Å²) in [6.45, 7) is -0.494. The highest BCUT2D eigenvalue weighted by Crippen LogP contribution is 2.30. The number of hydrogen-bond donors (Lipinski definition) is 2. The van der Waals surface area contributed by atoms with Gasteiger partial charge in [0.1, 0.15) is 0 Å². The third-order valence-electron chi connectivity index (χ3n) is 4.66. The smallest absolute Gasteiger partial charge is 0.335 e. The fourth-order valence-electron chi connectivity index (χ4n) is 3.07. The van der Waals surface area contributed by atoms with Crippen LogP contribution in [0.3, 0.4) is 0 Å². The Labute approximate surface area is 180 Å². The van der Waals surface area contributed by atoms with E-state index >= 15 is 0 Å². The van der Waals surface area contributed by atoms with Crippen LogP contribution in [-0.2, 0) is 16.6 Å². The van der Waals surface area contributed by atoms with Crippen molar-refractivity contribution in [1.29, 1.82) is 0 Å². The quantitative estimate of drug-likeness (QED) is 0.547. The second kappa shape index (κ2) is 9.40. The second-order valence-corrected chi connectivity index (χ2v) is 8.94. The van der Waals surface area contributed by atoms with Gasteiger partial charge in [0.2, 0.25) is 10.0 Å². The lowest BCUT2D eigenvalue weighted by molar-refractivity contribution is 0.0697. The minimum Gasteiger partial charge on any atom is -0.478 e. The number of aromatic carboxylic acids is 1. The molecule has 0 aliphatic rings. The van der Waals surface area contributed by atoms with Crippen LogP contribution in [0, 0.1) is 0 Å². The first kappa shape index (κ1) is 22.0. The fourth-order valence-corrected chi connectivity index (χ4v) is 4.81. The molecule has 30 heavy (non-hydrogen) atoms. The maximum absolute atomic E-state index is 13.4. The molecule has 8 heteroatoms. The Bertz CT molecular complexity index is 1100. The number of sulfonamides is 1. The Balaban J connectivity index is 2.05. The number of aliphatic hydroxyl groups is 1. The molecule has 0 saturated carbocycles. The predicted molar refractivity (Wildman–Crippen MR) is 114 cm³/mol. The molecule has 0 radical (unpaired) electrons. The van der Waals surface area contributed by atoms with E-state index in [-0.39, 0.29) is 17.0 Å². The first-order valence-electron chi connectivity index (χ1n) is 9.08. The van der Waals surface area contributed by atoms with Crippen molar-refractivity contribution >= 4 is 27.6 Å². The standard InChI is InChI=1S/C22H20ClNO5S/c23-19-12-10-17(11-13-19)21(15-25)24(30(28,29)20-4-2-1-3-5-20)14-16-6-8-18(9-7-16)22(26)27/h1-13,21,25H,14-15H2,(H,26,27). The van der Waals surface area contributed by atoms with Gasteiger partial charge in [-0.05, 0) is 47.5 Å². The molecule has 2 N–H and O–H groups in total. The van der Waals surface area contributed by atoms with E-state index < -0.39 is 28.6 Å². The van der Waals surface area contributed by atoms with Crippen LogP contribution in [0.4, 0.5) is 0 Å². The van der Waals surface area contributed by atoms with Gasteiger partial charge in [-0.2, -0.15) is 4.31 Å². The molecule has 3 aromatic rings. The first-order chi connectivity index (χ1) is 14.3. The molecule has 0 amide bonds. The molecule has 0 aromatic heterocycles. The maximum atomic E-state index is 13.4. The summed E-state index contributed by atoms with van der Waals surface area (Å²) in [7, 11) is -3.97. The minimum atomic E-state index is -3.97. The zero-order valence-electron chi connectivity index (χ0n) is 15.8.